The first-order valence-corrected chi connectivity index (χ1v) is 6.81. The summed E-state index contributed by atoms with van der Waals surface area (Å²) >= 11 is 2.13. The average Bonchev–Trinajstić information content (AvgIpc) is 2.29. The van der Waals surface area contributed by atoms with Crippen LogP contribution in [0, 0.1) is 0 Å². The molecule has 0 saturated heterocycles. The van der Waals surface area contributed by atoms with Crippen molar-refractivity contribution in [3.63, 3.8) is 0 Å². The monoisotopic (exact) mass is 369 g/mol. The van der Waals surface area contributed by atoms with Crippen LogP contribution >= 0.6 is 22.6 Å². The molecule has 4 nitrogen and oxygen atoms in total. The van der Waals surface area contributed by atoms with Crippen molar-refractivity contribution in [1.29, 1.82) is 0 Å². The van der Waals surface area contributed by atoms with E-state index in [4.69, 9.17) is 0 Å². The zero-order chi connectivity index (χ0) is 12.8. The summed E-state index contributed by atoms with van der Waals surface area (Å²) in [5, 5.41) is 13.5. The van der Waals surface area contributed by atoms with Gasteiger partial charge in [-0.3, -0.25) is 4.79 Å². The molecule has 0 aliphatic rings. The van der Waals surface area contributed by atoms with Gasteiger partial charge in [0.2, 0.25) is 5.91 Å². The SMILES string of the molecule is CCc1cc(C(=O)[O-])ccc1NC(=O)CCI.[Na+]. The van der Waals surface area contributed by atoms with E-state index in [-0.39, 0.29) is 41.0 Å². The predicted octanol–water partition coefficient (Wildman–Crippen LogP) is -1.62. The van der Waals surface area contributed by atoms with Gasteiger partial charge in [0, 0.05) is 16.5 Å². The molecule has 0 aliphatic heterocycles. The van der Waals surface area contributed by atoms with Crippen molar-refractivity contribution >= 4 is 40.2 Å². The molecule has 0 spiro atoms. The Kier molecular flexibility index (Phi) is 8.85. The summed E-state index contributed by atoms with van der Waals surface area (Å²) in [6.07, 6.45) is 1.10. The minimum Gasteiger partial charge on any atom is -0.545 e. The Morgan fingerprint density at radius 3 is 2.56 bits per heavy atom. The fraction of sp³-hybridized carbons (Fsp3) is 0.333. The van der Waals surface area contributed by atoms with Crippen molar-refractivity contribution < 1.29 is 44.3 Å². The number of hydrogen-bond donors (Lipinski definition) is 1. The van der Waals surface area contributed by atoms with Crippen LogP contribution < -0.4 is 40.0 Å². The molecule has 18 heavy (non-hydrogen) atoms. The summed E-state index contributed by atoms with van der Waals surface area (Å²) in [4.78, 5) is 22.2. The van der Waals surface area contributed by atoms with Crippen molar-refractivity contribution in [2.45, 2.75) is 19.8 Å². The Bertz CT molecular complexity index is 437. The third-order valence-corrected chi connectivity index (χ3v) is 2.86. The summed E-state index contributed by atoms with van der Waals surface area (Å²) in [7, 11) is 0. The number of carboxylic acid groups (broad SMARTS) is 1. The van der Waals surface area contributed by atoms with Gasteiger partial charge in [-0.05, 0) is 29.7 Å². The van der Waals surface area contributed by atoms with Gasteiger partial charge in [0.1, 0.15) is 0 Å². The van der Waals surface area contributed by atoms with Gasteiger partial charge >= 0.3 is 29.6 Å². The average molecular weight is 369 g/mol. The first-order chi connectivity index (χ1) is 8.08. The minimum absolute atomic E-state index is 0. The molecule has 6 heteroatoms. The largest absolute Gasteiger partial charge is 1.00 e. The first-order valence-electron chi connectivity index (χ1n) is 5.28. The normalized spacial score (nSPS) is 9.44. The van der Waals surface area contributed by atoms with Gasteiger partial charge in [-0.25, -0.2) is 0 Å². The second-order valence-corrected chi connectivity index (χ2v) is 4.58. The van der Waals surface area contributed by atoms with Crippen molar-refractivity contribution in [2.24, 2.45) is 0 Å². The molecular formula is C12H13INNaO3. The van der Waals surface area contributed by atoms with Crippen LogP contribution in [0.25, 0.3) is 0 Å². The number of nitrogens with one attached hydrogen (secondary N) is 1. The number of carboxylic acids is 1. The van der Waals surface area contributed by atoms with Crippen LogP contribution in [0.15, 0.2) is 18.2 Å². The van der Waals surface area contributed by atoms with E-state index in [0.29, 0.717) is 18.5 Å². The molecule has 0 fully saturated rings. The van der Waals surface area contributed by atoms with E-state index >= 15 is 0 Å². The molecule has 0 bridgehead atoms. The van der Waals surface area contributed by atoms with Crippen LogP contribution in [0.5, 0.6) is 0 Å². The fourth-order valence-electron chi connectivity index (χ4n) is 1.43. The standard InChI is InChI=1S/C12H14INO3.Na/c1-2-8-7-9(12(16)17)3-4-10(8)14-11(15)5-6-13;/h3-4,7H,2,5-6H2,1H3,(H,14,15)(H,16,17);/q;+1/p-1. The number of halogens is 1. The van der Waals surface area contributed by atoms with E-state index in [9.17, 15) is 14.7 Å². The molecule has 0 unspecified atom stereocenters. The van der Waals surface area contributed by atoms with Crippen molar-refractivity contribution in [3.8, 4) is 0 Å². The molecule has 0 aliphatic carbocycles. The molecule has 0 aromatic heterocycles. The number of rotatable bonds is 5. The number of alkyl halides is 1. The van der Waals surface area contributed by atoms with Gasteiger partial charge in [0.05, 0.1) is 5.97 Å². The predicted molar refractivity (Wildman–Crippen MR) is 72.3 cm³/mol. The second-order valence-electron chi connectivity index (χ2n) is 3.50. The van der Waals surface area contributed by atoms with E-state index in [1.165, 1.54) is 12.1 Å². The molecule has 1 rings (SSSR count). The topological polar surface area (TPSA) is 69.2 Å². The maximum absolute atomic E-state index is 11.5. The molecule has 0 radical (unpaired) electrons. The number of hydrogen-bond acceptors (Lipinski definition) is 3. The number of amides is 1. The summed E-state index contributed by atoms with van der Waals surface area (Å²) in [6, 6.07) is 4.58. The third-order valence-electron chi connectivity index (χ3n) is 2.32. The first kappa shape index (κ1) is 17.9. The smallest absolute Gasteiger partial charge is 0.545 e. The number of benzene rings is 1. The summed E-state index contributed by atoms with van der Waals surface area (Å²) in [5.41, 5.74) is 1.61. The van der Waals surface area contributed by atoms with Crippen LogP contribution in [0.3, 0.4) is 0 Å². The molecule has 1 amide bonds. The molecule has 0 saturated carbocycles. The minimum atomic E-state index is -1.20. The summed E-state index contributed by atoms with van der Waals surface area (Å²) in [6.45, 7) is 1.91. The van der Waals surface area contributed by atoms with Gasteiger partial charge in [0.25, 0.3) is 0 Å². The zero-order valence-electron chi connectivity index (χ0n) is 10.5. The van der Waals surface area contributed by atoms with E-state index in [1.54, 1.807) is 6.07 Å². The summed E-state index contributed by atoms with van der Waals surface area (Å²) in [5.74, 6) is -1.26. The molecule has 1 aromatic rings. The van der Waals surface area contributed by atoms with E-state index in [0.717, 1.165) is 9.99 Å². The maximum atomic E-state index is 11.5. The molecule has 0 atom stereocenters. The van der Waals surface area contributed by atoms with Crippen molar-refractivity contribution in [2.75, 3.05) is 9.74 Å². The van der Waals surface area contributed by atoms with E-state index < -0.39 is 5.97 Å². The van der Waals surface area contributed by atoms with Crippen LogP contribution in [-0.4, -0.2) is 16.3 Å². The van der Waals surface area contributed by atoms with Crippen molar-refractivity contribution in [1.82, 2.24) is 0 Å². The summed E-state index contributed by atoms with van der Waals surface area (Å²) < 4.78 is 0.752. The van der Waals surface area contributed by atoms with Gasteiger partial charge in [-0.15, -0.1) is 0 Å². The van der Waals surface area contributed by atoms with Gasteiger partial charge < -0.3 is 15.2 Å². The van der Waals surface area contributed by atoms with Gasteiger partial charge in [-0.2, -0.15) is 0 Å². The Balaban J connectivity index is 0.00000289. The maximum Gasteiger partial charge on any atom is 1.00 e. The van der Waals surface area contributed by atoms with Crippen LogP contribution in [0.1, 0.15) is 29.3 Å². The number of carbonyl (C=O) groups is 2. The van der Waals surface area contributed by atoms with Crippen LogP contribution in [-0.2, 0) is 11.2 Å². The molecule has 1 aromatic carbocycles. The fourth-order valence-corrected chi connectivity index (χ4v) is 1.92. The Morgan fingerprint density at radius 1 is 1.39 bits per heavy atom. The van der Waals surface area contributed by atoms with E-state index in [2.05, 4.69) is 27.9 Å². The number of carbonyl (C=O) groups excluding carboxylic acids is 2. The quantitative estimate of drug-likeness (QED) is 0.386. The van der Waals surface area contributed by atoms with Gasteiger partial charge in [0.15, 0.2) is 0 Å². The molecule has 92 valence electrons. The molecule has 0 heterocycles. The Morgan fingerprint density at radius 2 is 2.06 bits per heavy atom. The van der Waals surface area contributed by atoms with Crippen LogP contribution in [0.2, 0.25) is 0 Å². The Hall–Kier alpha value is -0.110. The van der Waals surface area contributed by atoms with Crippen molar-refractivity contribution in [3.05, 3.63) is 29.3 Å². The Labute approximate surface area is 142 Å². The molecular weight excluding hydrogens is 356 g/mol. The van der Waals surface area contributed by atoms with Crippen LogP contribution in [0.4, 0.5) is 5.69 Å². The number of aryl methyl sites for hydroxylation is 1. The molecule has 1 N–H and O–H groups in total. The number of anilines is 1. The third kappa shape index (κ3) is 5.26. The van der Waals surface area contributed by atoms with E-state index in [1.807, 2.05) is 6.92 Å². The zero-order valence-corrected chi connectivity index (χ0v) is 14.6. The van der Waals surface area contributed by atoms with Gasteiger partial charge in [-0.1, -0.05) is 35.6 Å². The second kappa shape index (κ2) is 8.90. The number of aromatic carboxylic acids is 1.